The van der Waals surface area contributed by atoms with Gasteiger partial charge < -0.3 is 10.5 Å². The maximum absolute atomic E-state index is 6.43. The van der Waals surface area contributed by atoms with Crippen molar-refractivity contribution in [1.29, 1.82) is 0 Å². The molecule has 1 atom stereocenters. The van der Waals surface area contributed by atoms with Crippen LogP contribution >= 0.6 is 0 Å². The first-order valence-electron chi connectivity index (χ1n) is 6.86. The molecule has 16 heavy (non-hydrogen) atoms. The molecule has 0 aromatic rings. The van der Waals surface area contributed by atoms with Gasteiger partial charge >= 0.3 is 0 Å². The van der Waals surface area contributed by atoms with E-state index in [0.717, 1.165) is 19.4 Å². The fourth-order valence-electron chi connectivity index (χ4n) is 2.77. The lowest BCUT2D eigenvalue weighted by Crippen LogP contribution is -2.45. The number of ether oxygens (including phenoxy) is 1. The van der Waals surface area contributed by atoms with Crippen LogP contribution in [0.3, 0.4) is 0 Å². The lowest BCUT2D eigenvalue weighted by molar-refractivity contribution is 0.0332. The average molecular weight is 223 g/mol. The smallest absolute Gasteiger partial charge is 0.0756 e. The van der Waals surface area contributed by atoms with Crippen molar-refractivity contribution in [3.63, 3.8) is 0 Å². The molecule has 0 aromatic carbocycles. The largest absolute Gasteiger partial charge is 0.372 e. The van der Waals surface area contributed by atoms with E-state index in [0.29, 0.717) is 6.10 Å². The van der Waals surface area contributed by atoms with Gasteiger partial charge in [-0.2, -0.15) is 0 Å². The number of hydrogen-bond acceptors (Lipinski definition) is 2. The predicted molar refractivity (Wildman–Crippen MR) is 67.4 cm³/mol. The molecule has 92 valence electrons. The maximum Gasteiger partial charge on any atom is 0.0756 e. The van der Waals surface area contributed by atoms with Crippen LogP contribution in [0.2, 0.25) is 0 Å². The molecule has 2 N–H and O–H groups in total. The van der Waals surface area contributed by atoms with E-state index >= 15 is 0 Å². The topological polar surface area (TPSA) is 35.2 Å². The molecule has 1 unspecified atom stereocenters. The van der Waals surface area contributed by atoms with Gasteiger partial charge in [0.05, 0.1) is 12.7 Å². The summed E-state index contributed by atoms with van der Waals surface area (Å²) in [6.45, 7) is 0.752. The van der Waals surface area contributed by atoms with Gasteiger partial charge in [-0.25, -0.2) is 0 Å². The molecule has 2 heteroatoms. The molecule has 0 amide bonds. The highest BCUT2D eigenvalue weighted by Crippen LogP contribution is 2.26. The van der Waals surface area contributed by atoms with Crippen LogP contribution in [-0.4, -0.2) is 18.2 Å². The van der Waals surface area contributed by atoms with Crippen LogP contribution in [0.1, 0.15) is 57.8 Å². The zero-order valence-electron chi connectivity index (χ0n) is 10.3. The molecule has 0 saturated heterocycles. The number of rotatable bonds is 3. The standard InChI is InChI=1S/C14H25NO/c15-14(10-6-1-2-7-11-14)12-16-13-8-4-3-5-9-13/h4,8,13H,1-3,5-7,9-12,15H2. The summed E-state index contributed by atoms with van der Waals surface area (Å²) in [5, 5.41) is 0. The van der Waals surface area contributed by atoms with Crippen LogP contribution in [0.25, 0.3) is 0 Å². The van der Waals surface area contributed by atoms with E-state index in [1.54, 1.807) is 0 Å². The zero-order valence-corrected chi connectivity index (χ0v) is 10.3. The molecular formula is C14H25NO. The molecule has 2 aliphatic carbocycles. The summed E-state index contributed by atoms with van der Waals surface area (Å²) < 4.78 is 5.97. The first kappa shape index (κ1) is 12.1. The Morgan fingerprint density at radius 3 is 2.50 bits per heavy atom. The minimum atomic E-state index is -0.0399. The lowest BCUT2D eigenvalue weighted by atomic mass is 9.92. The van der Waals surface area contributed by atoms with Gasteiger partial charge in [-0.05, 0) is 32.1 Å². The van der Waals surface area contributed by atoms with Crippen molar-refractivity contribution < 1.29 is 4.74 Å². The van der Waals surface area contributed by atoms with Crippen LogP contribution in [0, 0.1) is 0 Å². The maximum atomic E-state index is 6.43. The van der Waals surface area contributed by atoms with Gasteiger partial charge in [0.15, 0.2) is 0 Å². The SMILES string of the molecule is NC1(COC2C=CCCC2)CCCCCC1. The summed E-state index contributed by atoms with van der Waals surface area (Å²) in [7, 11) is 0. The molecule has 0 aliphatic heterocycles. The summed E-state index contributed by atoms with van der Waals surface area (Å²) in [6, 6.07) is 0. The Labute approximate surface area is 99.2 Å². The molecule has 1 saturated carbocycles. The normalized spacial score (nSPS) is 29.9. The van der Waals surface area contributed by atoms with Gasteiger partial charge in [-0.3, -0.25) is 0 Å². The van der Waals surface area contributed by atoms with Crippen LogP contribution < -0.4 is 5.73 Å². The number of allylic oxidation sites excluding steroid dienone is 1. The van der Waals surface area contributed by atoms with Gasteiger partial charge in [0.25, 0.3) is 0 Å². The number of hydrogen-bond donors (Lipinski definition) is 1. The van der Waals surface area contributed by atoms with E-state index < -0.39 is 0 Å². The molecule has 0 spiro atoms. The van der Waals surface area contributed by atoms with Crippen LogP contribution in [0.4, 0.5) is 0 Å². The Bertz CT molecular complexity index is 229. The molecule has 2 rings (SSSR count). The minimum absolute atomic E-state index is 0.0399. The van der Waals surface area contributed by atoms with E-state index in [2.05, 4.69) is 12.2 Å². The Balaban J connectivity index is 1.78. The van der Waals surface area contributed by atoms with Crippen molar-refractivity contribution in [2.24, 2.45) is 5.73 Å². The molecule has 1 fully saturated rings. The fourth-order valence-corrected chi connectivity index (χ4v) is 2.77. The van der Waals surface area contributed by atoms with E-state index in [9.17, 15) is 0 Å². The van der Waals surface area contributed by atoms with Gasteiger partial charge in [0, 0.05) is 5.54 Å². The Kier molecular flexibility index (Phi) is 4.42. The summed E-state index contributed by atoms with van der Waals surface area (Å²) in [5.41, 5.74) is 6.39. The molecule has 0 heterocycles. The van der Waals surface area contributed by atoms with E-state index in [-0.39, 0.29) is 5.54 Å². The van der Waals surface area contributed by atoms with Crippen LogP contribution in [0.5, 0.6) is 0 Å². The Morgan fingerprint density at radius 2 is 1.88 bits per heavy atom. The van der Waals surface area contributed by atoms with E-state index in [1.165, 1.54) is 44.9 Å². The average Bonchev–Trinajstić information content (AvgIpc) is 2.54. The summed E-state index contributed by atoms with van der Waals surface area (Å²) in [6.07, 6.45) is 16.0. The predicted octanol–water partition coefficient (Wildman–Crippen LogP) is 3.16. The quantitative estimate of drug-likeness (QED) is 0.589. The third-order valence-corrected chi connectivity index (χ3v) is 3.89. The summed E-state index contributed by atoms with van der Waals surface area (Å²) in [5.74, 6) is 0. The molecular weight excluding hydrogens is 198 g/mol. The zero-order chi connectivity index (χ0) is 11.3. The summed E-state index contributed by atoms with van der Waals surface area (Å²) >= 11 is 0. The van der Waals surface area contributed by atoms with Gasteiger partial charge in [-0.15, -0.1) is 0 Å². The van der Waals surface area contributed by atoms with Gasteiger partial charge in [-0.1, -0.05) is 37.8 Å². The molecule has 2 aliphatic rings. The van der Waals surface area contributed by atoms with Crippen molar-refractivity contribution in [1.82, 2.24) is 0 Å². The molecule has 0 aromatic heterocycles. The van der Waals surface area contributed by atoms with E-state index in [4.69, 9.17) is 10.5 Å². The number of nitrogens with two attached hydrogens (primary N) is 1. The second-order valence-corrected chi connectivity index (χ2v) is 5.49. The van der Waals surface area contributed by atoms with Gasteiger partial charge in [0.1, 0.15) is 0 Å². The highest BCUT2D eigenvalue weighted by molar-refractivity contribution is 4.95. The third-order valence-electron chi connectivity index (χ3n) is 3.89. The van der Waals surface area contributed by atoms with Crippen LogP contribution in [-0.2, 0) is 4.74 Å². The molecule has 0 bridgehead atoms. The minimum Gasteiger partial charge on any atom is -0.372 e. The summed E-state index contributed by atoms with van der Waals surface area (Å²) in [4.78, 5) is 0. The van der Waals surface area contributed by atoms with Crippen molar-refractivity contribution >= 4 is 0 Å². The third kappa shape index (κ3) is 3.60. The highest BCUT2D eigenvalue weighted by Gasteiger charge is 2.27. The first-order chi connectivity index (χ1) is 7.79. The lowest BCUT2D eigenvalue weighted by Gasteiger charge is -2.30. The first-order valence-corrected chi connectivity index (χ1v) is 6.86. The van der Waals surface area contributed by atoms with Crippen molar-refractivity contribution in [2.45, 2.75) is 69.4 Å². The van der Waals surface area contributed by atoms with Crippen LogP contribution in [0.15, 0.2) is 12.2 Å². The highest BCUT2D eigenvalue weighted by atomic mass is 16.5. The van der Waals surface area contributed by atoms with Crippen molar-refractivity contribution in [3.05, 3.63) is 12.2 Å². The van der Waals surface area contributed by atoms with Crippen molar-refractivity contribution in [3.8, 4) is 0 Å². The molecule has 2 nitrogen and oxygen atoms in total. The Morgan fingerprint density at radius 1 is 1.12 bits per heavy atom. The molecule has 0 radical (unpaired) electrons. The van der Waals surface area contributed by atoms with Crippen molar-refractivity contribution in [2.75, 3.05) is 6.61 Å². The van der Waals surface area contributed by atoms with Gasteiger partial charge in [0.2, 0.25) is 0 Å². The Hall–Kier alpha value is -0.340. The fraction of sp³-hybridized carbons (Fsp3) is 0.857. The second-order valence-electron chi connectivity index (χ2n) is 5.49. The van der Waals surface area contributed by atoms with E-state index in [1.807, 2.05) is 0 Å². The monoisotopic (exact) mass is 223 g/mol. The second kappa shape index (κ2) is 5.83.